The minimum Gasteiger partial charge on any atom is -0.399 e. The summed E-state index contributed by atoms with van der Waals surface area (Å²) in [4.78, 5) is 47.4. The monoisotopic (exact) mass is 1060 g/mol. The number of pyridine rings is 1. The SMILES string of the molecule is COS(=O)(=O)CCC[n+]1ccc(C(=O)N(CCCN2CC(Nc3cccc(C(F)(F)F)c3)=C([C@H](N)c3ccc(N)cc3)C2=O)CCCN2CC(Nc3cccc(C(F)(F)F)c3)=C([C@H](N)c3ccc(N)cc3)C2=O)cc1. The van der Waals surface area contributed by atoms with Crippen LogP contribution >= 0.6 is 0 Å². The number of carbonyl (C=O) groups excluding carboxylic acids is 3. The first-order valence-corrected chi connectivity index (χ1v) is 25.3. The molecule has 23 heteroatoms. The number of nitrogen functional groups attached to an aromatic ring is 2. The number of nitrogens with one attached hydrogen (secondary N) is 2. The van der Waals surface area contributed by atoms with Crippen LogP contribution in [-0.2, 0) is 42.8 Å². The van der Waals surface area contributed by atoms with Crippen molar-refractivity contribution in [2.24, 2.45) is 11.5 Å². The van der Waals surface area contributed by atoms with Gasteiger partial charge in [0.15, 0.2) is 12.4 Å². The van der Waals surface area contributed by atoms with E-state index in [9.17, 15) is 49.1 Å². The Balaban J connectivity index is 1.09. The first kappa shape index (κ1) is 55.3. The molecule has 0 fully saturated rings. The maximum Gasteiger partial charge on any atom is 0.416 e. The number of nitrogens with two attached hydrogens (primary N) is 4. The van der Waals surface area contributed by atoms with E-state index in [1.165, 1.54) is 34.1 Å². The van der Waals surface area contributed by atoms with Crippen molar-refractivity contribution in [3.63, 3.8) is 0 Å². The molecule has 0 radical (unpaired) electrons. The number of aryl methyl sites for hydroxylation is 1. The standard InChI is InChI=1S/C52H56F6N10O6S/c1-74-75(72,73)28-6-21-65-26-19-35(20-27-65)48(69)66(22-4-24-67-31-42(63-40-9-2-7-36(29-40)51(53,54)55)44(49(67)70)46(61)33-11-15-38(59)16-12-33)23-5-25-68-32-43(64-41-10-3-8-37(30-41)52(56,57)58)45(50(68)71)47(62)34-13-17-39(60)18-14-34/h2-3,7-20,26-27,29-30,46-47H,4-6,21-25,28,31-32,59-62H2,1H3,(H-,63,64,70,71)/p+1/t46-,47-/m1/s1. The Morgan fingerprint density at radius 3 is 1.51 bits per heavy atom. The fraction of sp³-hybridized carbons (Fsp3) is 0.308. The van der Waals surface area contributed by atoms with E-state index >= 15 is 0 Å². The second-order valence-electron chi connectivity index (χ2n) is 18.0. The molecule has 3 heterocycles. The van der Waals surface area contributed by atoms with Gasteiger partial charge in [0, 0.05) is 78.9 Å². The zero-order valence-electron chi connectivity index (χ0n) is 40.7. The van der Waals surface area contributed by atoms with Crippen LogP contribution in [0.4, 0.5) is 49.1 Å². The summed E-state index contributed by atoms with van der Waals surface area (Å²) in [5.41, 5.74) is 26.6. The number of hydrogen-bond donors (Lipinski definition) is 6. The maximum atomic E-state index is 14.4. The molecule has 3 amide bonds. The van der Waals surface area contributed by atoms with E-state index in [4.69, 9.17) is 22.9 Å². The number of hydrogen-bond acceptors (Lipinski definition) is 12. The van der Waals surface area contributed by atoms with Crippen molar-refractivity contribution in [3.8, 4) is 0 Å². The zero-order valence-corrected chi connectivity index (χ0v) is 41.5. The number of aromatic nitrogens is 1. The summed E-state index contributed by atoms with van der Waals surface area (Å²) in [6.07, 6.45) is -5.32. The van der Waals surface area contributed by atoms with Crippen LogP contribution in [0.25, 0.3) is 0 Å². The third kappa shape index (κ3) is 14.0. The molecule has 2 atom stereocenters. The third-order valence-electron chi connectivity index (χ3n) is 12.8. The van der Waals surface area contributed by atoms with Crippen molar-refractivity contribution in [2.45, 2.75) is 50.2 Å². The molecule has 1 aromatic heterocycles. The van der Waals surface area contributed by atoms with Crippen LogP contribution in [-0.4, -0.2) is 93.0 Å². The Bertz CT molecular complexity index is 2890. The number of nitrogens with zero attached hydrogens (tertiary/aromatic N) is 4. The number of carbonyl (C=O) groups is 3. The van der Waals surface area contributed by atoms with Gasteiger partial charge in [0.2, 0.25) is 0 Å². The zero-order chi connectivity index (χ0) is 54.2. The Labute approximate surface area is 429 Å². The lowest BCUT2D eigenvalue weighted by atomic mass is 9.98. The van der Waals surface area contributed by atoms with Gasteiger partial charge in [-0.05, 0) is 84.6 Å². The second-order valence-corrected chi connectivity index (χ2v) is 19.9. The number of alkyl halides is 6. The van der Waals surface area contributed by atoms with Crippen molar-refractivity contribution in [1.29, 1.82) is 0 Å². The van der Waals surface area contributed by atoms with Gasteiger partial charge in [0.1, 0.15) is 6.54 Å². The van der Waals surface area contributed by atoms with Crippen LogP contribution < -0.4 is 38.1 Å². The molecule has 7 rings (SSSR count). The molecular formula is C52H57F6N10O6S+. The molecule has 0 spiro atoms. The predicted octanol–water partition coefficient (Wildman–Crippen LogP) is 6.58. The van der Waals surface area contributed by atoms with Crippen LogP contribution in [0.2, 0.25) is 0 Å². The van der Waals surface area contributed by atoms with Gasteiger partial charge in [-0.1, -0.05) is 36.4 Å². The summed E-state index contributed by atoms with van der Waals surface area (Å²) in [6, 6.07) is 23.3. The lowest BCUT2D eigenvalue weighted by molar-refractivity contribution is -0.696. The van der Waals surface area contributed by atoms with Gasteiger partial charge in [-0.15, -0.1) is 0 Å². The van der Waals surface area contributed by atoms with Crippen LogP contribution in [0.15, 0.2) is 144 Å². The number of amides is 3. The fourth-order valence-electron chi connectivity index (χ4n) is 8.80. The topological polar surface area (TPSA) is 236 Å². The number of halogens is 6. The van der Waals surface area contributed by atoms with E-state index in [0.717, 1.165) is 31.4 Å². The minimum absolute atomic E-state index is 0.0484. The molecule has 4 aromatic carbocycles. The summed E-state index contributed by atoms with van der Waals surface area (Å²) in [5, 5.41) is 6.02. The Morgan fingerprint density at radius 2 is 1.11 bits per heavy atom. The lowest BCUT2D eigenvalue weighted by Gasteiger charge is -2.26. The van der Waals surface area contributed by atoms with E-state index in [-0.39, 0.29) is 104 Å². The molecule has 0 aliphatic carbocycles. The van der Waals surface area contributed by atoms with Crippen molar-refractivity contribution in [1.82, 2.24) is 14.7 Å². The molecule has 0 saturated carbocycles. The molecule has 16 nitrogen and oxygen atoms in total. The molecule has 398 valence electrons. The number of anilines is 4. The minimum atomic E-state index is -4.63. The predicted molar refractivity (Wildman–Crippen MR) is 270 cm³/mol. The van der Waals surface area contributed by atoms with Gasteiger partial charge < -0.3 is 48.3 Å². The highest BCUT2D eigenvalue weighted by Crippen LogP contribution is 2.36. The van der Waals surface area contributed by atoms with Gasteiger partial charge in [-0.3, -0.25) is 18.6 Å². The van der Waals surface area contributed by atoms with Gasteiger partial charge >= 0.3 is 12.4 Å². The molecule has 0 saturated heterocycles. The first-order chi connectivity index (χ1) is 35.5. The van der Waals surface area contributed by atoms with Crippen molar-refractivity contribution >= 4 is 50.6 Å². The maximum absolute atomic E-state index is 14.4. The third-order valence-corrected chi connectivity index (χ3v) is 14.1. The molecular weight excluding hydrogens is 1010 g/mol. The molecule has 10 N–H and O–H groups in total. The normalized spacial score (nSPS) is 15.2. The largest absolute Gasteiger partial charge is 0.416 e. The van der Waals surface area contributed by atoms with E-state index in [2.05, 4.69) is 14.8 Å². The first-order valence-electron chi connectivity index (χ1n) is 23.7. The van der Waals surface area contributed by atoms with E-state index in [1.54, 1.807) is 82.5 Å². The van der Waals surface area contributed by atoms with Gasteiger partial charge in [0.25, 0.3) is 27.8 Å². The molecule has 5 aromatic rings. The van der Waals surface area contributed by atoms with Gasteiger partial charge in [-0.25, -0.2) is 4.57 Å². The summed E-state index contributed by atoms with van der Waals surface area (Å²) in [5.74, 6) is -1.57. The second kappa shape index (κ2) is 23.4. The van der Waals surface area contributed by atoms with Gasteiger partial charge in [-0.2, -0.15) is 34.8 Å². The number of rotatable bonds is 22. The molecule has 2 aliphatic rings. The van der Waals surface area contributed by atoms with Crippen molar-refractivity contribution in [3.05, 3.63) is 172 Å². The van der Waals surface area contributed by atoms with Crippen LogP contribution in [0.5, 0.6) is 0 Å². The summed E-state index contributed by atoms with van der Waals surface area (Å²) >= 11 is 0. The van der Waals surface area contributed by atoms with Gasteiger partial charge in [0.05, 0.1) is 65.9 Å². The highest BCUT2D eigenvalue weighted by atomic mass is 32.2. The van der Waals surface area contributed by atoms with Crippen molar-refractivity contribution < 1.29 is 57.9 Å². The molecule has 0 bridgehead atoms. The quantitative estimate of drug-likeness (QED) is 0.0187. The van der Waals surface area contributed by atoms with Crippen LogP contribution in [0.3, 0.4) is 0 Å². The molecule has 75 heavy (non-hydrogen) atoms. The van der Waals surface area contributed by atoms with E-state index < -0.39 is 63.4 Å². The summed E-state index contributed by atoms with van der Waals surface area (Å²) in [6.45, 7) is 0.548. The average molecular weight is 1060 g/mol. The number of benzene rings is 4. The average Bonchev–Trinajstić information content (AvgIpc) is 3.85. The Hall–Kier alpha value is -7.47. The Kier molecular flexibility index (Phi) is 17.2. The molecule has 2 aliphatic heterocycles. The Morgan fingerprint density at radius 1 is 0.680 bits per heavy atom. The highest BCUT2D eigenvalue weighted by Gasteiger charge is 2.38. The summed E-state index contributed by atoms with van der Waals surface area (Å²) in [7, 11) is -2.60. The van der Waals surface area contributed by atoms with Crippen LogP contribution in [0, 0.1) is 0 Å². The van der Waals surface area contributed by atoms with Crippen LogP contribution in [0.1, 0.15) is 64.0 Å². The smallest absolute Gasteiger partial charge is 0.399 e. The van der Waals surface area contributed by atoms with E-state index in [0.29, 0.717) is 29.0 Å². The highest BCUT2D eigenvalue weighted by molar-refractivity contribution is 7.86. The lowest BCUT2D eigenvalue weighted by Crippen LogP contribution is -2.39. The molecule has 0 unspecified atom stereocenters. The van der Waals surface area contributed by atoms with E-state index in [1.807, 2.05) is 0 Å². The fourth-order valence-corrected chi connectivity index (χ4v) is 9.45. The van der Waals surface area contributed by atoms with Crippen molar-refractivity contribution in [2.75, 3.05) is 74.2 Å². The summed E-state index contributed by atoms with van der Waals surface area (Å²) < 4.78 is 112.